The topological polar surface area (TPSA) is 34.1 Å². The van der Waals surface area contributed by atoms with E-state index in [1.165, 1.54) is 22.7 Å². The summed E-state index contributed by atoms with van der Waals surface area (Å²) in [6.07, 6.45) is 0.860. The molecule has 0 amide bonds. The van der Waals surface area contributed by atoms with Crippen LogP contribution in [0, 0.1) is 0 Å². The van der Waals surface area contributed by atoms with Gasteiger partial charge in [-0.25, -0.2) is 0 Å². The van der Waals surface area contributed by atoms with Gasteiger partial charge >= 0.3 is 0 Å². The number of rotatable bonds is 1. The molecule has 2 heterocycles. The summed E-state index contributed by atoms with van der Waals surface area (Å²) in [6.45, 7) is 8.35. The maximum Gasteiger partial charge on any atom is 0.205 e. The van der Waals surface area contributed by atoms with Crippen LogP contribution >= 0.6 is 22.7 Å². The zero-order valence-corrected chi connectivity index (χ0v) is 13.6. The van der Waals surface area contributed by atoms with Crippen molar-refractivity contribution in [3.05, 3.63) is 42.8 Å². The van der Waals surface area contributed by atoms with Crippen LogP contribution in [0.15, 0.2) is 12.1 Å². The smallest absolute Gasteiger partial charge is 0.205 e. The Balaban J connectivity index is 2.18. The molecule has 0 saturated heterocycles. The lowest BCUT2D eigenvalue weighted by molar-refractivity contribution is 0.0986. The average Bonchev–Trinajstić information content (AvgIpc) is 2.99. The van der Waals surface area contributed by atoms with E-state index in [2.05, 4.69) is 20.8 Å². The second-order valence-electron chi connectivity index (χ2n) is 6.07. The Morgan fingerprint density at radius 2 is 1.50 bits per heavy atom. The molecular weight excluding hydrogens is 288 g/mol. The number of thiophene rings is 2. The predicted molar refractivity (Wildman–Crippen MR) is 83.6 cm³/mol. The summed E-state index contributed by atoms with van der Waals surface area (Å²) in [4.78, 5) is 28.6. The molecule has 4 heteroatoms. The van der Waals surface area contributed by atoms with Gasteiger partial charge in [0, 0.05) is 20.9 Å². The van der Waals surface area contributed by atoms with Crippen LogP contribution in [0.1, 0.15) is 67.9 Å². The van der Waals surface area contributed by atoms with E-state index in [9.17, 15) is 9.59 Å². The van der Waals surface area contributed by atoms with Crippen molar-refractivity contribution in [2.75, 3.05) is 0 Å². The molecule has 1 aliphatic rings. The number of fused-ring (bicyclic) bond motifs is 2. The first-order chi connectivity index (χ1) is 9.32. The van der Waals surface area contributed by atoms with Gasteiger partial charge in [0.15, 0.2) is 0 Å². The summed E-state index contributed by atoms with van der Waals surface area (Å²) in [6, 6.07) is 3.80. The zero-order valence-electron chi connectivity index (χ0n) is 12.0. The minimum absolute atomic E-state index is 0.0195. The second-order valence-corrected chi connectivity index (χ2v) is 8.26. The summed E-state index contributed by atoms with van der Waals surface area (Å²) in [7, 11) is 0. The molecule has 20 heavy (non-hydrogen) atoms. The van der Waals surface area contributed by atoms with Gasteiger partial charge in [-0.1, -0.05) is 27.7 Å². The van der Waals surface area contributed by atoms with Gasteiger partial charge in [-0.15, -0.1) is 22.7 Å². The molecule has 3 rings (SSSR count). The first-order valence-corrected chi connectivity index (χ1v) is 8.32. The van der Waals surface area contributed by atoms with Crippen LogP contribution in [-0.4, -0.2) is 11.6 Å². The average molecular weight is 304 g/mol. The SMILES string of the molecule is CCc1cc2c(s1)C(=O)c1cc(C(C)(C)C)sc1C2=O. The van der Waals surface area contributed by atoms with Crippen molar-refractivity contribution in [3.8, 4) is 0 Å². The molecule has 0 fully saturated rings. The van der Waals surface area contributed by atoms with Gasteiger partial charge < -0.3 is 0 Å². The number of hydrogen-bond donors (Lipinski definition) is 0. The van der Waals surface area contributed by atoms with Crippen LogP contribution < -0.4 is 0 Å². The summed E-state index contributed by atoms with van der Waals surface area (Å²) in [5.74, 6) is 0.0390. The standard InChI is InChI=1S/C16H16O2S2/c1-5-8-6-9-12(17)15-10(13(18)14(9)19-8)7-11(20-15)16(2,3)4/h6-7H,5H2,1-4H3. The maximum absolute atomic E-state index is 12.6. The van der Waals surface area contributed by atoms with Crippen LogP contribution in [0.4, 0.5) is 0 Å². The molecule has 0 aromatic carbocycles. The zero-order chi connectivity index (χ0) is 14.7. The molecule has 0 aliphatic heterocycles. The van der Waals surface area contributed by atoms with Gasteiger partial charge in [0.25, 0.3) is 0 Å². The van der Waals surface area contributed by atoms with Gasteiger partial charge in [-0.3, -0.25) is 9.59 Å². The Morgan fingerprint density at radius 3 is 2.05 bits per heavy atom. The van der Waals surface area contributed by atoms with E-state index in [0.717, 1.165) is 16.2 Å². The Hall–Kier alpha value is -1.26. The molecule has 0 bridgehead atoms. The van der Waals surface area contributed by atoms with Crippen LogP contribution in [0.2, 0.25) is 0 Å². The maximum atomic E-state index is 12.6. The van der Waals surface area contributed by atoms with E-state index in [1.54, 1.807) is 0 Å². The van der Waals surface area contributed by atoms with E-state index < -0.39 is 0 Å². The van der Waals surface area contributed by atoms with Crippen molar-refractivity contribution < 1.29 is 9.59 Å². The summed E-state index contributed by atoms with van der Waals surface area (Å²) < 4.78 is 0. The lowest BCUT2D eigenvalue weighted by atomic mass is 9.91. The van der Waals surface area contributed by atoms with Gasteiger partial charge in [-0.05, 0) is 24.0 Å². The van der Waals surface area contributed by atoms with Crippen LogP contribution in [0.5, 0.6) is 0 Å². The molecule has 0 N–H and O–H groups in total. The minimum Gasteiger partial charge on any atom is -0.288 e. The largest absolute Gasteiger partial charge is 0.288 e. The van der Waals surface area contributed by atoms with Crippen LogP contribution in [0.3, 0.4) is 0 Å². The molecule has 1 aliphatic carbocycles. The highest BCUT2D eigenvalue weighted by molar-refractivity contribution is 7.17. The molecule has 0 spiro atoms. The third-order valence-corrected chi connectivity index (χ3v) is 6.34. The molecule has 0 radical (unpaired) electrons. The molecule has 2 aromatic rings. The van der Waals surface area contributed by atoms with Crippen LogP contribution in [-0.2, 0) is 11.8 Å². The Kier molecular flexibility index (Phi) is 2.99. The highest BCUT2D eigenvalue weighted by Crippen LogP contribution is 2.40. The molecule has 0 atom stereocenters. The van der Waals surface area contributed by atoms with Crippen molar-refractivity contribution in [2.24, 2.45) is 0 Å². The van der Waals surface area contributed by atoms with Gasteiger partial charge in [0.1, 0.15) is 0 Å². The molecule has 2 nitrogen and oxygen atoms in total. The first-order valence-electron chi connectivity index (χ1n) is 6.69. The molecule has 0 unspecified atom stereocenters. The Bertz CT molecular complexity index is 675. The van der Waals surface area contributed by atoms with E-state index in [-0.39, 0.29) is 17.0 Å². The number of hydrogen-bond acceptors (Lipinski definition) is 4. The van der Waals surface area contributed by atoms with Crippen molar-refractivity contribution >= 4 is 34.2 Å². The van der Waals surface area contributed by atoms with Gasteiger partial charge in [0.2, 0.25) is 11.6 Å². The van der Waals surface area contributed by atoms with Crippen molar-refractivity contribution in [3.63, 3.8) is 0 Å². The first kappa shape index (κ1) is 13.7. The molecule has 104 valence electrons. The van der Waals surface area contributed by atoms with Crippen molar-refractivity contribution in [1.82, 2.24) is 0 Å². The normalized spacial score (nSPS) is 14.4. The highest BCUT2D eigenvalue weighted by atomic mass is 32.1. The minimum atomic E-state index is -0.0371. The number of ketones is 2. The lowest BCUT2D eigenvalue weighted by Crippen LogP contribution is -2.15. The summed E-state index contributed by atoms with van der Waals surface area (Å²) in [5, 5.41) is 0. The van der Waals surface area contributed by atoms with E-state index >= 15 is 0 Å². The Labute approximate surface area is 126 Å². The third-order valence-electron chi connectivity index (χ3n) is 3.50. The van der Waals surface area contributed by atoms with Crippen molar-refractivity contribution in [2.45, 2.75) is 39.5 Å². The number of carbonyl (C=O) groups is 2. The fourth-order valence-corrected chi connectivity index (χ4v) is 4.51. The monoisotopic (exact) mass is 304 g/mol. The highest BCUT2D eigenvalue weighted by Gasteiger charge is 2.35. The van der Waals surface area contributed by atoms with Gasteiger partial charge in [0.05, 0.1) is 9.75 Å². The molecular formula is C16H16O2S2. The molecule has 2 aromatic heterocycles. The number of carbonyl (C=O) groups excluding carboxylic acids is 2. The summed E-state index contributed by atoms with van der Waals surface area (Å²) >= 11 is 2.93. The molecule has 0 saturated carbocycles. The summed E-state index contributed by atoms with van der Waals surface area (Å²) in [5.41, 5.74) is 1.17. The van der Waals surface area contributed by atoms with Crippen molar-refractivity contribution in [1.29, 1.82) is 0 Å². The van der Waals surface area contributed by atoms with E-state index in [1.807, 2.05) is 19.1 Å². The van der Waals surface area contributed by atoms with E-state index in [4.69, 9.17) is 0 Å². The van der Waals surface area contributed by atoms with Gasteiger partial charge in [-0.2, -0.15) is 0 Å². The number of aryl methyl sites for hydroxylation is 1. The Morgan fingerprint density at radius 1 is 0.950 bits per heavy atom. The fraction of sp³-hybridized carbons (Fsp3) is 0.375. The quantitative estimate of drug-likeness (QED) is 0.666. The third kappa shape index (κ3) is 1.90. The fourth-order valence-electron chi connectivity index (χ4n) is 2.30. The predicted octanol–water partition coefficient (Wildman–Crippen LogP) is 4.44. The second kappa shape index (κ2) is 4.37. The lowest BCUT2D eigenvalue weighted by Gasteiger charge is -2.15. The van der Waals surface area contributed by atoms with E-state index in [0.29, 0.717) is 20.9 Å². The van der Waals surface area contributed by atoms with Crippen LogP contribution in [0.25, 0.3) is 0 Å².